The number of fused-ring (bicyclic) bond motifs is 1. The van der Waals surface area contributed by atoms with E-state index in [0.29, 0.717) is 18.0 Å². The van der Waals surface area contributed by atoms with E-state index in [1.54, 1.807) is 43.4 Å². The maximum atomic E-state index is 13.0. The number of piperidine rings is 1. The van der Waals surface area contributed by atoms with Crippen molar-refractivity contribution in [3.05, 3.63) is 54.1 Å². The Morgan fingerprint density at radius 2 is 1.59 bits per heavy atom. The molecule has 0 saturated carbocycles. The van der Waals surface area contributed by atoms with Gasteiger partial charge in [0.2, 0.25) is 5.91 Å². The Balaban J connectivity index is 1.54. The molecule has 2 aliphatic heterocycles. The molecule has 2 saturated heterocycles. The lowest BCUT2D eigenvalue weighted by atomic mass is 9.95. The molecule has 0 spiro atoms. The fraction of sp³-hybridized carbons (Fsp3) is 0.333. The van der Waals surface area contributed by atoms with Crippen molar-refractivity contribution in [2.24, 2.45) is 0 Å². The number of benzene rings is 2. The lowest BCUT2D eigenvalue weighted by molar-refractivity contribution is -0.140. The summed E-state index contributed by atoms with van der Waals surface area (Å²) in [5.41, 5.74) is 1.52. The van der Waals surface area contributed by atoms with Gasteiger partial charge in [0.1, 0.15) is 17.5 Å². The Labute approximate surface area is 168 Å². The summed E-state index contributed by atoms with van der Waals surface area (Å²) in [6, 6.07) is 12.5. The van der Waals surface area contributed by atoms with Gasteiger partial charge >= 0.3 is 6.03 Å². The zero-order valence-corrected chi connectivity index (χ0v) is 16.2. The van der Waals surface area contributed by atoms with E-state index in [9.17, 15) is 14.7 Å². The first-order valence-corrected chi connectivity index (χ1v) is 9.35. The van der Waals surface area contributed by atoms with Gasteiger partial charge in [-0.25, -0.2) is 4.79 Å². The number of anilines is 1. The first kappa shape index (κ1) is 19.1. The van der Waals surface area contributed by atoms with Crippen LogP contribution in [0, 0.1) is 0 Å². The largest absolute Gasteiger partial charge is 0.497 e. The number of rotatable bonds is 5. The van der Waals surface area contributed by atoms with Gasteiger partial charge in [-0.2, -0.15) is 0 Å². The zero-order valence-electron chi connectivity index (χ0n) is 16.2. The SMILES string of the molecule is COc1ccc(CN2C[C@@H](O)[C@@H]3[C@H](NC(=O)N3c3ccc(OC)cc3)C2=O)cc1. The number of urea groups is 1. The highest BCUT2D eigenvalue weighted by molar-refractivity contribution is 6.02. The summed E-state index contributed by atoms with van der Waals surface area (Å²) in [6.45, 7) is 0.495. The maximum Gasteiger partial charge on any atom is 0.323 e. The van der Waals surface area contributed by atoms with E-state index in [1.165, 1.54) is 4.90 Å². The summed E-state index contributed by atoms with van der Waals surface area (Å²) in [5, 5.41) is 13.5. The quantitative estimate of drug-likeness (QED) is 0.795. The van der Waals surface area contributed by atoms with E-state index in [0.717, 1.165) is 11.3 Å². The van der Waals surface area contributed by atoms with Crippen molar-refractivity contribution in [1.29, 1.82) is 0 Å². The minimum absolute atomic E-state index is 0.146. The molecule has 8 nitrogen and oxygen atoms in total. The second kappa shape index (κ2) is 7.63. The van der Waals surface area contributed by atoms with E-state index >= 15 is 0 Å². The number of aliphatic hydroxyl groups is 1. The van der Waals surface area contributed by atoms with Crippen molar-refractivity contribution in [1.82, 2.24) is 10.2 Å². The zero-order chi connectivity index (χ0) is 20.5. The average Bonchev–Trinajstić information content (AvgIpc) is 3.10. The van der Waals surface area contributed by atoms with Crippen LogP contribution in [0.3, 0.4) is 0 Å². The molecule has 3 atom stereocenters. The van der Waals surface area contributed by atoms with E-state index < -0.39 is 24.2 Å². The minimum Gasteiger partial charge on any atom is -0.497 e. The monoisotopic (exact) mass is 397 g/mol. The van der Waals surface area contributed by atoms with Gasteiger partial charge in [-0.3, -0.25) is 9.69 Å². The topological polar surface area (TPSA) is 91.3 Å². The highest BCUT2D eigenvalue weighted by Gasteiger charge is 2.52. The number of likely N-dealkylation sites (tertiary alicyclic amines) is 1. The predicted octanol–water partition coefficient (Wildman–Crippen LogP) is 1.37. The van der Waals surface area contributed by atoms with E-state index in [2.05, 4.69) is 5.32 Å². The lowest BCUT2D eigenvalue weighted by Gasteiger charge is -2.39. The maximum absolute atomic E-state index is 13.0. The third-order valence-electron chi connectivity index (χ3n) is 5.40. The van der Waals surface area contributed by atoms with Gasteiger partial charge in [0.25, 0.3) is 0 Å². The molecule has 0 radical (unpaired) electrons. The van der Waals surface area contributed by atoms with Gasteiger partial charge in [0, 0.05) is 18.8 Å². The second-order valence-electron chi connectivity index (χ2n) is 7.12. The van der Waals surface area contributed by atoms with Crippen molar-refractivity contribution in [2.75, 3.05) is 25.7 Å². The van der Waals surface area contributed by atoms with Crippen molar-refractivity contribution >= 4 is 17.6 Å². The van der Waals surface area contributed by atoms with Crippen LogP contribution in [0.15, 0.2) is 48.5 Å². The Hall–Kier alpha value is -3.26. The summed E-state index contributed by atoms with van der Waals surface area (Å²) >= 11 is 0. The molecule has 3 amide bonds. The van der Waals surface area contributed by atoms with Crippen LogP contribution in [0.2, 0.25) is 0 Å². The Kier molecular flexibility index (Phi) is 5.02. The van der Waals surface area contributed by atoms with E-state index in [4.69, 9.17) is 9.47 Å². The minimum atomic E-state index is -0.878. The number of nitrogens with zero attached hydrogens (tertiary/aromatic N) is 2. The molecule has 2 aromatic carbocycles. The van der Waals surface area contributed by atoms with Crippen molar-refractivity contribution in [3.63, 3.8) is 0 Å². The molecule has 152 valence electrons. The molecular formula is C21H23N3O5. The molecule has 29 heavy (non-hydrogen) atoms. The summed E-state index contributed by atoms with van der Waals surface area (Å²) in [5.74, 6) is 1.19. The number of amides is 3. The molecule has 2 aromatic rings. The number of nitrogens with one attached hydrogen (secondary N) is 1. The molecule has 8 heteroatoms. The fourth-order valence-corrected chi connectivity index (χ4v) is 3.92. The van der Waals surface area contributed by atoms with Crippen LogP contribution >= 0.6 is 0 Å². The Bertz CT molecular complexity index is 900. The van der Waals surface area contributed by atoms with Crippen LogP contribution in [0.25, 0.3) is 0 Å². The van der Waals surface area contributed by atoms with E-state index in [1.807, 2.05) is 24.3 Å². The molecule has 0 bridgehead atoms. The number of methoxy groups -OCH3 is 2. The van der Waals surface area contributed by atoms with Crippen LogP contribution in [-0.2, 0) is 11.3 Å². The van der Waals surface area contributed by atoms with Gasteiger partial charge in [-0.1, -0.05) is 12.1 Å². The fourth-order valence-electron chi connectivity index (χ4n) is 3.92. The Morgan fingerprint density at radius 1 is 1.00 bits per heavy atom. The number of β-amino-alcohol motifs (C(OH)–C–C–N with tert-alkyl or cyclic N) is 1. The molecule has 0 unspecified atom stereocenters. The van der Waals surface area contributed by atoms with E-state index in [-0.39, 0.29) is 12.5 Å². The van der Waals surface area contributed by atoms with Crippen LogP contribution in [-0.4, -0.2) is 60.9 Å². The first-order valence-electron chi connectivity index (χ1n) is 9.35. The standard InChI is InChI=1S/C21H23N3O5/c1-28-15-7-3-13(4-8-15)11-23-12-17(25)19-18(20(23)26)22-21(27)24(19)14-5-9-16(29-2)10-6-14/h3-10,17-19,25H,11-12H2,1-2H3,(H,22,27)/t17-,18+,19-/m1/s1. The van der Waals surface area contributed by atoms with Crippen molar-refractivity contribution < 1.29 is 24.2 Å². The van der Waals surface area contributed by atoms with Crippen molar-refractivity contribution in [2.45, 2.75) is 24.7 Å². The summed E-state index contributed by atoms with van der Waals surface area (Å²) in [4.78, 5) is 28.7. The smallest absolute Gasteiger partial charge is 0.323 e. The van der Waals surface area contributed by atoms with Crippen LogP contribution in [0.5, 0.6) is 11.5 Å². The first-order chi connectivity index (χ1) is 14.0. The van der Waals surface area contributed by atoms with Gasteiger partial charge < -0.3 is 24.8 Å². The number of ether oxygens (including phenoxy) is 2. The number of carbonyl (C=O) groups is 2. The van der Waals surface area contributed by atoms with Crippen LogP contribution < -0.4 is 19.7 Å². The number of hydrogen-bond donors (Lipinski definition) is 2. The number of hydrogen-bond acceptors (Lipinski definition) is 5. The summed E-state index contributed by atoms with van der Waals surface area (Å²) in [6.07, 6.45) is -0.878. The number of carbonyl (C=O) groups excluding carboxylic acids is 2. The van der Waals surface area contributed by atoms with Gasteiger partial charge in [0.15, 0.2) is 0 Å². The molecule has 2 heterocycles. The Morgan fingerprint density at radius 3 is 2.17 bits per heavy atom. The van der Waals surface area contributed by atoms with Gasteiger partial charge in [-0.15, -0.1) is 0 Å². The molecule has 2 fully saturated rings. The number of aliphatic hydroxyl groups excluding tert-OH is 1. The molecule has 2 N–H and O–H groups in total. The molecular weight excluding hydrogens is 374 g/mol. The van der Waals surface area contributed by atoms with Gasteiger partial charge in [-0.05, 0) is 42.0 Å². The third kappa shape index (κ3) is 3.47. The van der Waals surface area contributed by atoms with Crippen molar-refractivity contribution in [3.8, 4) is 11.5 Å². The third-order valence-corrected chi connectivity index (χ3v) is 5.40. The molecule has 4 rings (SSSR count). The van der Waals surface area contributed by atoms with Gasteiger partial charge in [0.05, 0.1) is 26.4 Å². The predicted molar refractivity (Wildman–Crippen MR) is 106 cm³/mol. The second-order valence-corrected chi connectivity index (χ2v) is 7.12. The van der Waals surface area contributed by atoms with Crippen LogP contribution in [0.1, 0.15) is 5.56 Å². The molecule has 0 aliphatic carbocycles. The average molecular weight is 397 g/mol. The summed E-state index contributed by atoms with van der Waals surface area (Å²) in [7, 11) is 3.16. The highest BCUT2D eigenvalue weighted by atomic mass is 16.5. The lowest BCUT2D eigenvalue weighted by Crippen LogP contribution is -2.62. The van der Waals surface area contributed by atoms with Crippen LogP contribution in [0.4, 0.5) is 10.5 Å². The highest BCUT2D eigenvalue weighted by Crippen LogP contribution is 2.31. The normalized spacial score (nSPS) is 23.6. The molecule has 2 aliphatic rings. The molecule has 0 aromatic heterocycles. The summed E-state index contributed by atoms with van der Waals surface area (Å²) < 4.78 is 10.3.